The van der Waals surface area contributed by atoms with E-state index in [2.05, 4.69) is 74.0 Å². The zero-order valence-electron chi connectivity index (χ0n) is 21.3. The summed E-state index contributed by atoms with van der Waals surface area (Å²) in [5.74, 6) is 0.618. The van der Waals surface area contributed by atoms with Gasteiger partial charge in [-0.15, -0.1) is 11.3 Å². The van der Waals surface area contributed by atoms with Gasteiger partial charge in [0.05, 0.1) is 12.1 Å². The molecule has 2 aliphatic rings. The van der Waals surface area contributed by atoms with Crippen molar-refractivity contribution in [1.29, 1.82) is 5.26 Å². The third-order valence-corrected chi connectivity index (χ3v) is 9.47. The average molecular weight is 479 g/mol. The first-order valence-corrected chi connectivity index (χ1v) is 13.4. The lowest BCUT2D eigenvalue weighted by Gasteiger charge is -2.36. The van der Waals surface area contributed by atoms with Crippen molar-refractivity contribution >= 4 is 27.9 Å². The molecule has 1 aliphatic heterocycles. The molecule has 1 aromatic heterocycles. The highest BCUT2D eigenvalue weighted by molar-refractivity contribution is 7.16. The molecule has 4 rings (SSSR count). The maximum Gasteiger partial charge on any atom is 0.239 e. The molecule has 0 spiro atoms. The van der Waals surface area contributed by atoms with Gasteiger partial charge in [0.2, 0.25) is 5.91 Å². The molecule has 5 nitrogen and oxygen atoms in total. The molecular formula is C28H38N4OS. The van der Waals surface area contributed by atoms with E-state index in [4.69, 9.17) is 0 Å². The first-order valence-electron chi connectivity index (χ1n) is 12.6. The molecule has 1 fully saturated rings. The third kappa shape index (κ3) is 5.01. The van der Waals surface area contributed by atoms with Gasteiger partial charge in [-0.3, -0.25) is 9.69 Å². The van der Waals surface area contributed by atoms with Crippen LogP contribution in [-0.2, 0) is 17.6 Å². The van der Waals surface area contributed by atoms with Crippen LogP contribution in [0.5, 0.6) is 0 Å². The van der Waals surface area contributed by atoms with Gasteiger partial charge < -0.3 is 10.2 Å². The smallest absolute Gasteiger partial charge is 0.239 e. The Balaban J connectivity index is 1.36. The van der Waals surface area contributed by atoms with E-state index < -0.39 is 0 Å². The van der Waals surface area contributed by atoms with Crippen molar-refractivity contribution in [3.63, 3.8) is 0 Å². The standard InChI is InChI=1S/C28H38N4OS/c1-6-28(4,5)21-10-11-22-23(17-29)27(34-25(22)16-21)30-26(33)18-31-12-14-32(15-13-31)24-9-7-8-19(2)20(24)3/h7-9,21H,6,10-16,18H2,1-5H3,(H,30,33). The number of aryl methyl sites for hydroxylation is 1. The van der Waals surface area contributed by atoms with Crippen LogP contribution in [0.25, 0.3) is 0 Å². The predicted octanol–water partition coefficient (Wildman–Crippen LogP) is 5.54. The van der Waals surface area contributed by atoms with Gasteiger partial charge in [-0.2, -0.15) is 5.26 Å². The lowest BCUT2D eigenvalue weighted by Crippen LogP contribution is -2.48. The molecule has 182 valence electrons. The predicted molar refractivity (Wildman–Crippen MR) is 142 cm³/mol. The minimum absolute atomic E-state index is 0.0132. The monoisotopic (exact) mass is 478 g/mol. The van der Waals surface area contributed by atoms with Crippen LogP contribution in [0.2, 0.25) is 0 Å². The van der Waals surface area contributed by atoms with Crippen molar-refractivity contribution in [2.75, 3.05) is 42.9 Å². The van der Waals surface area contributed by atoms with E-state index in [1.54, 1.807) is 11.3 Å². The number of nitrogens with one attached hydrogen (secondary N) is 1. The molecule has 0 bridgehead atoms. The first-order chi connectivity index (χ1) is 16.2. The van der Waals surface area contributed by atoms with Crippen molar-refractivity contribution in [3.8, 4) is 6.07 Å². The molecule has 1 atom stereocenters. The normalized spacial score (nSPS) is 18.9. The fourth-order valence-electron chi connectivity index (χ4n) is 5.34. The van der Waals surface area contributed by atoms with E-state index in [0.29, 0.717) is 23.4 Å². The number of hydrogen-bond donors (Lipinski definition) is 1. The van der Waals surface area contributed by atoms with Crippen LogP contribution in [0.4, 0.5) is 10.7 Å². The zero-order chi connectivity index (χ0) is 24.5. The third-order valence-electron chi connectivity index (χ3n) is 8.30. The number of carbonyl (C=O) groups excluding carboxylic acids is 1. The Morgan fingerprint density at radius 1 is 1.24 bits per heavy atom. The lowest BCUT2D eigenvalue weighted by molar-refractivity contribution is -0.117. The molecule has 1 aliphatic carbocycles. The summed E-state index contributed by atoms with van der Waals surface area (Å²) in [6.45, 7) is 15.2. The molecule has 1 saturated heterocycles. The molecule has 2 heterocycles. The van der Waals surface area contributed by atoms with Gasteiger partial charge in [0, 0.05) is 36.7 Å². The number of nitriles is 1. The van der Waals surface area contributed by atoms with Crippen molar-refractivity contribution < 1.29 is 4.79 Å². The molecule has 0 saturated carbocycles. The van der Waals surface area contributed by atoms with E-state index in [1.165, 1.54) is 27.3 Å². The Hall–Kier alpha value is -2.36. The molecule has 1 unspecified atom stereocenters. The maximum atomic E-state index is 12.9. The second kappa shape index (κ2) is 10.1. The second-order valence-electron chi connectivity index (χ2n) is 10.6. The fourth-order valence-corrected chi connectivity index (χ4v) is 6.64. The summed E-state index contributed by atoms with van der Waals surface area (Å²) in [6.07, 6.45) is 4.24. The number of benzene rings is 1. The number of nitrogens with zero attached hydrogens (tertiary/aromatic N) is 3. The molecule has 34 heavy (non-hydrogen) atoms. The maximum absolute atomic E-state index is 12.9. The molecular weight excluding hydrogens is 440 g/mol. The van der Waals surface area contributed by atoms with Crippen LogP contribution in [-0.4, -0.2) is 43.5 Å². The molecule has 1 N–H and O–H groups in total. The average Bonchev–Trinajstić information content (AvgIpc) is 3.17. The highest BCUT2D eigenvalue weighted by atomic mass is 32.1. The number of hydrogen-bond acceptors (Lipinski definition) is 5. The Labute approximate surface area is 208 Å². The van der Waals surface area contributed by atoms with E-state index in [0.717, 1.165) is 56.9 Å². The summed E-state index contributed by atoms with van der Waals surface area (Å²) < 4.78 is 0. The number of rotatable bonds is 6. The number of thiophene rings is 1. The van der Waals surface area contributed by atoms with Crippen LogP contribution in [0.15, 0.2) is 18.2 Å². The first kappa shape index (κ1) is 24.8. The molecule has 2 aromatic rings. The summed E-state index contributed by atoms with van der Waals surface area (Å²) in [4.78, 5) is 18.9. The van der Waals surface area contributed by atoms with E-state index in [-0.39, 0.29) is 5.91 Å². The summed E-state index contributed by atoms with van der Waals surface area (Å²) in [5.41, 5.74) is 6.13. The zero-order valence-corrected chi connectivity index (χ0v) is 22.1. The Morgan fingerprint density at radius 3 is 2.65 bits per heavy atom. The van der Waals surface area contributed by atoms with Gasteiger partial charge >= 0.3 is 0 Å². The number of piperazine rings is 1. The van der Waals surface area contributed by atoms with Crippen molar-refractivity contribution in [2.45, 2.75) is 60.3 Å². The fraction of sp³-hybridized carbons (Fsp3) is 0.571. The number of fused-ring (bicyclic) bond motifs is 1. The van der Waals surface area contributed by atoms with E-state index in [9.17, 15) is 10.1 Å². The lowest BCUT2D eigenvalue weighted by atomic mass is 9.69. The van der Waals surface area contributed by atoms with Crippen LogP contribution < -0.4 is 10.2 Å². The summed E-state index contributed by atoms with van der Waals surface area (Å²) in [7, 11) is 0. The Bertz CT molecular complexity index is 1090. The van der Waals surface area contributed by atoms with Gasteiger partial charge in [0.15, 0.2) is 0 Å². The summed E-state index contributed by atoms with van der Waals surface area (Å²) in [6, 6.07) is 8.86. The topological polar surface area (TPSA) is 59.4 Å². The summed E-state index contributed by atoms with van der Waals surface area (Å²) in [5, 5.41) is 13.7. The largest absolute Gasteiger partial charge is 0.369 e. The van der Waals surface area contributed by atoms with E-state index >= 15 is 0 Å². The number of anilines is 2. The van der Waals surface area contributed by atoms with Gasteiger partial charge in [0.1, 0.15) is 11.1 Å². The Kier molecular flexibility index (Phi) is 7.35. The van der Waals surface area contributed by atoms with E-state index in [1.807, 2.05) is 0 Å². The van der Waals surface area contributed by atoms with Gasteiger partial charge in [-0.1, -0.05) is 39.3 Å². The van der Waals surface area contributed by atoms with Gasteiger partial charge in [-0.25, -0.2) is 0 Å². The highest BCUT2D eigenvalue weighted by Gasteiger charge is 2.34. The van der Waals surface area contributed by atoms with Gasteiger partial charge in [0.25, 0.3) is 0 Å². The van der Waals surface area contributed by atoms with Crippen LogP contribution in [0, 0.1) is 36.5 Å². The minimum Gasteiger partial charge on any atom is -0.369 e. The quantitative estimate of drug-likeness (QED) is 0.592. The minimum atomic E-state index is -0.0132. The molecule has 1 aromatic carbocycles. The van der Waals surface area contributed by atoms with Crippen molar-refractivity contribution in [3.05, 3.63) is 45.3 Å². The van der Waals surface area contributed by atoms with Crippen LogP contribution >= 0.6 is 11.3 Å². The Morgan fingerprint density at radius 2 is 1.97 bits per heavy atom. The van der Waals surface area contributed by atoms with Gasteiger partial charge in [-0.05, 0) is 67.2 Å². The molecule has 6 heteroatoms. The van der Waals surface area contributed by atoms with Crippen LogP contribution in [0.1, 0.15) is 60.7 Å². The SMILES string of the molecule is CCC(C)(C)C1CCc2c(sc(NC(=O)CN3CCN(c4cccc(C)c4C)CC3)c2C#N)C1. The second-order valence-corrected chi connectivity index (χ2v) is 11.7. The van der Waals surface area contributed by atoms with Crippen molar-refractivity contribution in [2.24, 2.45) is 11.3 Å². The number of carbonyl (C=O) groups is 1. The highest BCUT2D eigenvalue weighted by Crippen LogP contribution is 2.45. The number of amides is 1. The van der Waals surface area contributed by atoms with Crippen LogP contribution in [0.3, 0.4) is 0 Å². The van der Waals surface area contributed by atoms with Crippen molar-refractivity contribution in [1.82, 2.24) is 4.90 Å². The molecule has 1 amide bonds. The molecule has 0 radical (unpaired) electrons. The summed E-state index contributed by atoms with van der Waals surface area (Å²) >= 11 is 1.63.